The number of hydrogen-bond donors (Lipinski definition) is 1. The Hall–Kier alpha value is -1.89. The minimum absolute atomic E-state index is 0.289. The topological polar surface area (TPSA) is 54.3 Å². The molecule has 0 amide bonds. The monoisotopic (exact) mass is 190 g/mol. The number of hydrogen-bond acceptors (Lipinski definition) is 4. The highest BCUT2D eigenvalue weighted by molar-refractivity contribution is 5.55. The molecule has 4 nitrogen and oxygen atoms in total. The largest absolute Gasteiger partial charge is 0.454 e. The normalized spacial score (nSPS) is 12.2. The van der Waals surface area contributed by atoms with E-state index in [1.165, 1.54) is 0 Å². The van der Waals surface area contributed by atoms with Crippen LogP contribution >= 0.6 is 0 Å². The number of nitrogens with zero attached hydrogens (tertiary/aromatic N) is 1. The number of ether oxygens (including phenoxy) is 2. The highest BCUT2D eigenvalue weighted by atomic mass is 16.7. The van der Waals surface area contributed by atoms with Crippen LogP contribution in [0.5, 0.6) is 11.5 Å². The third-order valence-corrected chi connectivity index (χ3v) is 1.94. The first kappa shape index (κ1) is 8.70. The molecule has 0 aromatic heterocycles. The molecule has 0 bridgehead atoms. The van der Waals surface area contributed by atoms with Crippen LogP contribution in [0.4, 0.5) is 5.69 Å². The molecule has 0 unspecified atom stereocenters. The molecule has 0 aliphatic carbocycles. The van der Waals surface area contributed by atoms with Crippen LogP contribution in [0, 0.1) is 11.3 Å². The van der Waals surface area contributed by atoms with E-state index in [0.717, 1.165) is 17.2 Å². The van der Waals surface area contributed by atoms with Gasteiger partial charge in [0.2, 0.25) is 6.79 Å². The van der Waals surface area contributed by atoms with Crippen LogP contribution in [0.25, 0.3) is 0 Å². The average molecular weight is 190 g/mol. The summed E-state index contributed by atoms with van der Waals surface area (Å²) in [5, 5.41) is 11.5. The van der Waals surface area contributed by atoms with Crippen molar-refractivity contribution in [1.29, 1.82) is 5.26 Å². The van der Waals surface area contributed by atoms with E-state index in [9.17, 15) is 0 Å². The quantitative estimate of drug-likeness (QED) is 0.737. The Morgan fingerprint density at radius 3 is 3.07 bits per heavy atom. The molecule has 1 aromatic rings. The van der Waals surface area contributed by atoms with Gasteiger partial charge in [-0.3, -0.25) is 0 Å². The summed E-state index contributed by atoms with van der Waals surface area (Å²) in [6, 6.07) is 7.71. The van der Waals surface area contributed by atoms with Crippen molar-refractivity contribution < 1.29 is 9.47 Å². The van der Waals surface area contributed by atoms with Crippen molar-refractivity contribution in [2.75, 3.05) is 18.7 Å². The number of anilines is 1. The second-order valence-corrected chi connectivity index (χ2v) is 2.90. The van der Waals surface area contributed by atoms with Gasteiger partial charge in [-0.2, -0.15) is 5.26 Å². The maximum Gasteiger partial charge on any atom is 0.231 e. The van der Waals surface area contributed by atoms with Gasteiger partial charge in [0.15, 0.2) is 11.5 Å². The van der Waals surface area contributed by atoms with Gasteiger partial charge in [0, 0.05) is 18.3 Å². The lowest BCUT2D eigenvalue weighted by molar-refractivity contribution is 0.174. The zero-order chi connectivity index (χ0) is 9.80. The van der Waals surface area contributed by atoms with Crippen molar-refractivity contribution in [3.8, 4) is 17.6 Å². The number of nitriles is 1. The Morgan fingerprint density at radius 2 is 2.21 bits per heavy atom. The zero-order valence-corrected chi connectivity index (χ0v) is 7.62. The van der Waals surface area contributed by atoms with E-state index < -0.39 is 0 Å². The third-order valence-electron chi connectivity index (χ3n) is 1.94. The van der Waals surface area contributed by atoms with Crippen LogP contribution in [-0.2, 0) is 0 Å². The van der Waals surface area contributed by atoms with Gasteiger partial charge in [-0.15, -0.1) is 0 Å². The van der Waals surface area contributed by atoms with Crippen LogP contribution in [0.3, 0.4) is 0 Å². The second kappa shape index (κ2) is 3.88. The lowest BCUT2D eigenvalue weighted by Crippen LogP contribution is -1.99. The van der Waals surface area contributed by atoms with Crippen LogP contribution in [-0.4, -0.2) is 13.3 Å². The molecule has 0 spiro atoms. The maximum absolute atomic E-state index is 8.36. The fraction of sp³-hybridized carbons (Fsp3) is 0.300. The van der Waals surface area contributed by atoms with Gasteiger partial charge in [-0.05, 0) is 12.1 Å². The summed E-state index contributed by atoms with van der Waals surface area (Å²) in [5.74, 6) is 1.53. The molecule has 2 rings (SSSR count). The van der Waals surface area contributed by atoms with Crippen molar-refractivity contribution in [3.05, 3.63) is 18.2 Å². The lowest BCUT2D eigenvalue weighted by atomic mass is 10.2. The molecule has 72 valence electrons. The summed E-state index contributed by atoms with van der Waals surface area (Å²) in [7, 11) is 0. The Labute approximate surface area is 82.1 Å². The molecule has 1 heterocycles. The van der Waals surface area contributed by atoms with Crippen molar-refractivity contribution in [2.45, 2.75) is 6.42 Å². The first-order valence-electron chi connectivity index (χ1n) is 4.40. The van der Waals surface area contributed by atoms with Crippen molar-refractivity contribution in [3.63, 3.8) is 0 Å². The lowest BCUT2D eigenvalue weighted by Gasteiger charge is -2.04. The van der Waals surface area contributed by atoms with Crippen LogP contribution in [0.2, 0.25) is 0 Å². The highest BCUT2D eigenvalue weighted by Crippen LogP contribution is 2.34. The molecule has 1 N–H and O–H groups in total. The van der Waals surface area contributed by atoms with E-state index in [-0.39, 0.29) is 6.79 Å². The van der Waals surface area contributed by atoms with E-state index in [2.05, 4.69) is 11.4 Å². The van der Waals surface area contributed by atoms with E-state index in [4.69, 9.17) is 14.7 Å². The van der Waals surface area contributed by atoms with Gasteiger partial charge in [-0.25, -0.2) is 0 Å². The number of nitrogens with one attached hydrogen (secondary N) is 1. The minimum atomic E-state index is 0.289. The molecular weight excluding hydrogens is 180 g/mol. The van der Waals surface area contributed by atoms with Crippen LogP contribution in [0.15, 0.2) is 18.2 Å². The summed E-state index contributed by atoms with van der Waals surface area (Å²) in [4.78, 5) is 0. The van der Waals surface area contributed by atoms with E-state index >= 15 is 0 Å². The second-order valence-electron chi connectivity index (χ2n) is 2.90. The minimum Gasteiger partial charge on any atom is -0.454 e. The molecule has 0 atom stereocenters. The smallest absolute Gasteiger partial charge is 0.231 e. The van der Waals surface area contributed by atoms with E-state index in [0.29, 0.717) is 13.0 Å². The Morgan fingerprint density at radius 1 is 1.36 bits per heavy atom. The first-order chi connectivity index (χ1) is 6.90. The molecule has 4 heteroatoms. The zero-order valence-electron chi connectivity index (χ0n) is 7.62. The first-order valence-corrected chi connectivity index (χ1v) is 4.40. The Kier molecular flexibility index (Phi) is 2.41. The molecule has 1 aliphatic rings. The van der Waals surface area contributed by atoms with Gasteiger partial charge >= 0.3 is 0 Å². The number of fused-ring (bicyclic) bond motifs is 1. The summed E-state index contributed by atoms with van der Waals surface area (Å²) in [6.07, 6.45) is 0.494. The Balaban J connectivity index is 2.02. The summed E-state index contributed by atoms with van der Waals surface area (Å²) >= 11 is 0. The fourth-order valence-electron chi connectivity index (χ4n) is 1.27. The summed E-state index contributed by atoms with van der Waals surface area (Å²) in [6.45, 7) is 0.938. The van der Waals surface area contributed by atoms with E-state index in [1.807, 2.05) is 18.2 Å². The molecule has 1 aliphatic heterocycles. The molecule has 0 saturated heterocycles. The highest BCUT2D eigenvalue weighted by Gasteiger charge is 2.12. The van der Waals surface area contributed by atoms with Crippen molar-refractivity contribution in [1.82, 2.24) is 0 Å². The maximum atomic E-state index is 8.36. The molecular formula is C10H10N2O2. The van der Waals surface area contributed by atoms with E-state index in [1.54, 1.807) is 0 Å². The van der Waals surface area contributed by atoms with Gasteiger partial charge in [0.1, 0.15) is 0 Å². The van der Waals surface area contributed by atoms with Crippen LogP contribution < -0.4 is 14.8 Å². The molecule has 0 saturated carbocycles. The van der Waals surface area contributed by atoms with Gasteiger partial charge in [0.25, 0.3) is 0 Å². The van der Waals surface area contributed by atoms with Crippen LogP contribution in [0.1, 0.15) is 6.42 Å². The molecule has 14 heavy (non-hydrogen) atoms. The number of benzene rings is 1. The SMILES string of the molecule is N#CCCNc1ccc2c(c1)OCO2. The van der Waals surface area contributed by atoms with Crippen molar-refractivity contribution >= 4 is 5.69 Å². The Bertz CT molecular complexity index is 371. The number of rotatable bonds is 3. The fourth-order valence-corrected chi connectivity index (χ4v) is 1.27. The summed E-state index contributed by atoms with van der Waals surface area (Å²) in [5.41, 5.74) is 0.949. The average Bonchev–Trinajstić information content (AvgIpc) is 2.65. The van der Waals surface area contributed by atoms with Gasteiger partial charge in [-0.1, -0.05) is 0 Å². The molecule has 1 aromatic carbocycles. The van der Waals surface area contributed by atoms with Gasteiger partial charge in [0.05, 0.1) is 12.5 Å². The molecule has 0 fully saturated rings. The molecule has 0 radical (unpaired) electrons. The predicted octanol–water partition coefficient (Wildman–Crippen LogP) is 1.74. The standard InChI is InChI=1S/C10H10N2O2/c11-4-1-5-12-8-2-3-9-10(6-8)14-7-13-9/h2-3,6,12H,1,5,7H2. The van der Waals surface area contributed by atoms with Gasteiger partial charge < -0.3 is 14.8 Å². The predicted molar refractivity (Wildman–Crippen MR) is 51.3 cm³/mol. The third kappa shape index (κ3) is 1.72. The van der Waals surface area contributed by atoms with Crippen molar-refractivity contribution in [2.24, 2.45) is 0 Å². The summed E-state index contributed by atoms with van der Waals surface area (Å²) < 4.78 is 10.4.